The van der Waals surface area contributed by atoms with Gasteiger partial charge in [0, 0.05) is 68.6 Å². The molecule has 0 amide bonds. The van der Waals surface area contributed by atoms with Crippen LogP contribution in [0.1, 0.15) is 22.6 Å². The van der Waals surface area contributed by atoms with Crippen LogP contribution in [0.15, 0.2) is 84.9 Å². The van der Waals surface area contributed by atoms with E-state index < -0.39 is 0 Å². The molecule has 0 spiro atoms. The van der Waals surface area contributed by atoms with Crippen LogP contribution in [0.3, 0.4) is 0 Å². The topological polar surface area (TPSA) is 28.2 Å². The van der Waals surface area contributed by atoms with Crippen molar-refractivity contribution in [2.24, 2.45) is 0 Å². The van der Waals surface area contributed by atoms with E-state index in [-0.39, 0.29) is 5.92 Å². The van der Waals surface area contributed by atoms with Crippen LogP contribution in [0.4, 0.5) is 17.1 Å². The predicted molar refractivity (Wildman–Crippen MR) is 158 cm³/mol. The summed E-state index contributed by atoms with van der Waals surface area (Å²) in [6.07, 6.45) is 0. The van der Waals surface area contributed by atoms with Crippen molar-refractivity contribution < 1.29 is 9.47 Å². The average Bonchev–Trinajstić information content (AvgIpc) is 2.99. The molecule has 2 aliphatic rings. The van der Waals surface area contributed by atoms with Crippen LogP contribution in [0.2, 0.25) is 0 Å². The van der Waals surface area contributed by atoms with Crippen molar-refractivity contribution >= 4 is 27.8 Å². The summed E-state index contributed by atoms with van der Waals surface area (Å²) in [5.74, 6) is 0.133. The van der Waals surface area contributed by atoms with Crippen LogP contribution in [0.5, 0.6) is 0 Å². The molecular weight excluding hydrogens is 470 g/mol. The molecule has 2 saturated heterocycles. The zero-order valence-electron chi connectivity index (χ0n) is 22.5. The summed E-state index contributed by atoms with van der Waals surface area (Å²) in [4.78, 5) is 7.04. The molecule has 0 aromatic heterocycles. The molecule has 0 saturated carbocycles. The van der Waals surface area contributed by atoms with E-state index in [1.807, 2.05) is 0 Å². The van der Waals surface area contributed by atoms with Crippen molar-refractivity contribution in [3.63, 3.8) is 0 Å². The fraction of sp³-hybridized carbons (Fsp3) is 0.333. The molecule has 2 aliphatic heterocycles. The highest BCUT2D eigenvalue weighted by Gasteiger charge is 2.22. The van der Waals surface area contributed by atoms with E-state index in [0.717, 1.165) is 52.6 Å². The molecule has 4 aromatic rings. The number of benzene rings is 4. The highest BCUT2D eigenvalue weighted by atomic mass is 16.5. The van der Waals surface area contributed by atoms with Gasteiger partial charge in [-0.05, 0) is 52.4 Å². The number of ether oxygens (including phenoxy) is 2. The Bertz CT molecular complexity index is 1290. The summed E-state index contributed by atoms with van der Waals surface area (Å²) < 4.78 is 11.1. The van der Waals surface area contributed by atoms with Gasteiger partial charge >= 0.3 is 0 Å². The summed E-state index contributed by atoms with van der Waals surface area (Å²) in [6, 6.07) is 31.8. The third-order valence-corrected chi connectivity index (χ3v) is 7.93. The number of hydrogen-bond acceptors (Lipinski definition) is 5. The molecule has 5 heteroatoms. The first-order valence-corrected chi connectivity index (χ1v) is 13.7. The van der Waals surface area contributed by atoms with E-state index in [1.165, 1.54) is 44.5 Å². The fourth-order valence-corrected chi connectivity index (χ4v) is 5.90. The SMILES string of the molecule is CN(C)c1ccc(C(c2ccc(N3CCOCC3)cc2)c2ccc(N3CCOCC3)cc2)c2ccccc12. The molecule has 0 atom stereocenters. The summed E-state index contributed by atoms with van der Waals surface area (Å²) in [5, 5.41) is 2.59. The lowest BCUT2D eigenvalue weighted by Gasteiger charge is -2.30. The van der Waals surface area contributed by atoms with E-state index in [2.05, 4.69) is 114 Å². The number of rotatable bonds is 6. The minimum absolute atomic E-state index is 0.133. The average molecular weight is 508 g/mol. The zero-order valence-corrected chi connectivity index (χ0v) is 22.5. The second-order valence-electron chi connectivity index (χ2n) is 10.4. The minimum atomic E-state index is 0.133. The highest BCUT2D eigenvalue weighted by molar-refractivity contribution is 5.97. The Morgan fingerprint density at radius 2 is 1.05 bits per heavy atom. The second kappa shape index (κ2) is 11.1. The van der Waals surface area contributed by atoms with E-state index >= 15 is 0 Å². The molecule has 0 aliphatic carbocycles. The number of fused-ring (bicyclic) bond motifs is 1. The predicted octanol–water partition coefficient (Wildman–Crippen LogP) is 5.76. The van der Waals surface area contributed by atoms with Gasteiger partial charge in [0.1, 0.15) is 0 Å². The van der Waals surface area contributed by atoms with Gasteiger partial charge < -0.3 is 24.2 Å². The smallest absolute Gasteiger partial charge is 0.0642 e. The van der Waals surface area contributed by atoms with Gasteiger partial charge in [-0.15, -0.1) is 0 Å². The van der Waals surface area contributed by atoms with Gasteiger partial charge in [-0.2, -0.15) is 0 Å². The Balaban J connectivity index is 1.43. The zero-order chi connectivity index (χ0) is 25.9. The maximum atomic E-state index is 5.56. The Morgan fingerprint density at radius 1 is 0.579 bits per heavy atom. The summed E-state index contributed by atoms with van der Waals surface area (Å²) >= 11 is 0. The van der Waals surface area contributed by atoms with Crippen LogP contribution >= 0.6 is 0 Å². The maximum Gasteiger partial charge on any atom is 0.0642 e. The molecule has 2 fully saturated rings. The van der Waals surface area contributed by atoms with Crippen LogP contribution in [0.25, 0.3) is 10.8 Å². The lowest BCUT2D eigenvalue weighted by Crippen LogP contribution is -2.36. The summed E-state index contributed by atoms with van der Waals surface area (Å²) in [6.45, 7) is 6.97. The van der Waals surface area contributed by atoms with Crippen LogP contribution in [-0.2, 0) is 9.47 Å². The monoisotopic (exact) mass is 507 g/mol. The lowest BCUT2D eigenvalue weighted by atomic mass is 9.82. The number of nitrogens with zero attached hydrogens (tertiary/aromatic N) is 3. The Morgan fingerprint density at radius 3 is 1.53 bits per heavy atom. The van der Waals surface area contributed by atoms with Gasteiger partial charge in [-0.3, -0.25) is 0 Å². The van der Waals surface area contributed by atoms with Gasteiger partial charge in [-0.1, -0.05) is 54.6 Å². The number of hydrogen-bond donors (Lipinski definition) is 0. The van der Waals surface area contributed by atoms with Crippen molar-refractivity contribution in [1.29, 1.82) is 0 Å². The van der Waals surface area contributed by atoms with E-state index in [0.29, 0.717) is 0 Å². The number of morpholine rings is 2. The first-order valence-electron chi connectivity index (χ1n) is 13.7. The molecule has 196 valence electrons. The van der Waals surface area contributed by atoms with Gasteiger partial charge in [0.25, 0.3) is 0 Å². The van der Waals surface area contributed by atoms with E-state index in [9.17, 15) is 0 Å². The standard InChI is InChI=1S/C33H37N3O2/c1-34(2)32-16-15-31(29-5-3-4-6-30(29)32)33(25-7-11-27(12-8-25)35-17-21-37-22-18-35)26-9-13-28(14-10-26)36-19-23-38-24-20-36/h3-16,33H,17-24H2,1-2H3. The van der Waals surface area contributed by atoms with Crippen molar-refractivity contribution in [3.05, 3.63) is 102 Å². The van der Waals surface area contributed by atoms with Gasteiger partial charge in [-0.25, -0.2) is 0 Å². The number of anilines is 3. The first-order chi connectivity index (χ1) is 18.7. The van der Waals surface area contributed by atoms with Crippen LogP contribution in [-0.4, -0.2) is 66.7 Å². The van der Waals surface area contributed by atoms with Gasteiger partial charge in [0.05, 0.1) is 26.4 Å². The molecule has 0 bridgehead atoms. The largest absolute Gasteiger partial charge is 0.378 e. The van der Waals surface area contributed by atoms with Gasteiger partial charge in [0.15, 0.2) is 0 Å². The summed E-state index contributed by atoms with van der Waals surface area (Å²) in [5.41, 5.74) is 7.74. The van der Waals surface area contributed by atoms with Crippen molar-refractivity contribution in [1.82, 2.24) is 0 Å². The maximum absolute atomic E-state index is 5.56. The molecule has 0 unspecified atom stereocenters. The summed E-state index contributed by atoms with van der Waals surface area (Å²) in [7, 11) is 4.24. The van der Waals surface area contributed by atoms with Crippen LogP contribution in [0, 0.1) is 0 Å². The van der Waals surface area contributed by atoms with Gasteiger partial charge in [0.2, 0.25) is 0 Å². The Kier molecular flexibility index (Phi) is 7.21. The molecule has 38 heavy (non-hydrogen) atoms. The molecule has 4 aromatic carbocycles. The fourth-order valence-electron chi connectivity index (χ4n) is 5.90. The molecule has 0 N–H and O–H groups in total. The van der Waals surface area contributed by atoms with E-state index in [4.69, 9.17) is 9.47 Å². The Labute approximate surface area is 226 Å². The second-order valence-corrected chi connectivity index (χ2v) is 10.4. The molecule has 6 rings (SSSR count). The molecular formula is C33H37N3O2. The normalized spacial score (nSPS) is 16.3. The molecule has 5 nitrogen and oxygen atoms in total. The van der Waals surface area contributed by atoms with Crippen molar-refractivity contribution in [3.8, 4) is 0 Å². The molecule has 0 radical (unpaired) electrons. The highest BCUT2D eigenvalue weighted by Crippen LogP contribution is 2.40. The third kappa shape index (κ3) is 4.96. The van der Waals surface area contributed by atoms with Crippen molar-refractivity contribution in [2.75, 3.05) is 81.4 Å². The third-order valence-electron chi connectivity index (χ3n) is 7.93. The van der Waals surface area contributed by atoms with E-state index in [1.54, 1.807) is 0 Å². The van der Waals surface area contributed by atoms with Crippen molar-refractivity contribution in [2.45, 2.75) is 5.92 Å². The first kappa shape index (κ1) is 24.8. The quantitative estimate of drug-likeness (QED) is 0.310. The Hall–Kier alpha value is -3.54. The lowest BCUT2D eigenvalue weighted by molar-refractivity contribution is 0.122. The van der Waals surface area contributed by atoms with Crippen LogP contribution < -0.4 is 14.7 Å². The minimum Gasteiger partial charge on any atom is -0.378 e. The molecule has 2 heterocycles.